The number of hydrogen-bond donors (Lipinski definition) is 0. The molecule has 0 bridgehead atoms. The normalized spacial score (nSPS) is 10.6. The summed E-state index contributed by atoms with van der Waals surface area (Å²) in [5.74, 6) is 0. The molecule has 0 spiro atoms. The van der Waals surface area contributed by atoms with Crippen molar-refractivity contribution in [1.29, 1.82) is 5.26 Å². The molecule has 0 unspecified atom stereocenters. The molecule has 130 valence electrons. The van der Waals surface area contributed by atoms with Crippen LogP contribution in [0.3, 0.4) is 0 Å². The van der Waals surface area contributed by atoms with E-state index in [0.717, 1.165) is 35.6 Å². The fourth-order valence-corrected chi connectivity index (χ4v) is 2.94. The summed E-state index contributed by atoms with van der Waals surface area (Å²) in [7, 11) is 0. The van der Waals surface area contributed by atoms with Crippen LogP contribution in [0.1, 0.15) is 12.0 Å². The number of benzene rings is 2. The molecule has 4 heteroatoms. The first-order chi connectivity index (χ1) is 12.8. The molecule has 0 N–H and O–H groups in total. The van der Waals surface area contributed by atoms with Crippen LogP contribution in [-0.4, -0.2) is 27.8 Å². The summed E-state index contributed by atoms with van der Waals surface area (Å²) in [6.07, 6.45) is 4.46. The number of nitriles is 1. The van der Waals surface area contributed by atoms with Gasteiger partial charge in [-0.15, -0.1) is 6.58 Å². The molecule has 3 rings (SSSR count). The molecule has 0 radical (unpaired) electrons. The van der Waals surface area contributed by atoms with E-state index in [2.05, 4.69) is 35.9 Å². The van der Waals surface area contributed by atoms with Crippen LogP contribution in [0.2, 0.25) is 0 Å². The fraction of sp³-hybridized carbons (Fsp3) is 0.182. The van der Waals surface area contributed by atoms with Gasteiger partial charge in [0, 0.05) is 43.4 Å². The number of aromatic nitrogens is 2. The average Bonchev–Trinajstić information content (AvgIpc) is 3.11. The summed E-state index contributed by atoms with van der Waals surface area (Å²) in [6, 6.07) is 22.5. The van der Waals surface area contributed by atoms with Crippen molar-refractivity contribution in [2.45, 2.75) is 13.0 Å². The molecule has 1 aromatic heterocycles. The van der Waals surface area contributed by atoms with E-state index >= 15 is 0 Å². The molecule has 2 aromatic carbocycles. The first-order valence-electron chi connectivity index (χ1n) is 8.71. The van der Waals surface area contributed by atoms with Crippen molar-refractivity contribution in [1.82, 2.24) is 14.7 Å². The highest BCUT2D eigenvalue weighted by molar-refractivity contribution is 5.63. The first kappa shape index (κ1) is 17.7. The van der Waals surface area contributed by atoms with Crippen molar-refractivity contribution in [2.75, 3.05) is 13.1 Å². The minimum Gasteiger partial charge on any atom is -0.294 e. The standard InChI is InChI=1S/C22H22N4/c1-2-15-25(16-9-14-23)17-20-18-26(21-12-7-4-8-13-21)24-22(20)19-10-5-3-6-11-19/h2-8,10-13,18H,1,9,15-17H2. The van der Waals surface area contributed by atoms with E-state index in [0.29, 0.717) is 13.0 Å². The average molecular weight is 342 g/mol. The SMILES string of the molecule is C=CCN(CCC#N)Cc1cn(-c2ccccc2)nc1-c1ccccc1. The van der Waals surface area contributed by atoms with Crippen molar-refractivity contribution in [3.63, 3.8) is 0 Å². The summed E-state index contributed by atoms with van der Waals surface area (Å²) in [6.45, 7) is 6.02. The molecule has 0 atom stereocenters. The van der Waals surface area contributed by atoms with Gasteiger partial charge in [-0.05, 0) is 12.1 Å². The molecule has 0 aliphatic rings. The highest BCUT2D eigenvalue weighted by Crippen LogP contribution is 2.25. The van der Waals surface area contributed by atoms with E-state index in [9.17, 15) is 0 Å². The maximum atomic E-state index is 8.92. The zero-order valence-electron chi connectivity index (χ0n) is 14.8. The van der Waals surface area contributed by atoms with Crippen molar-refractivity contribution in [3.05, 3.63) is 85.1 Å². The highest BCUT2D eigenvalue weighted by Gasteiger charge is 2.15. The number of hydrogen-bond acceptors (Lipinski definition) is 3. The first-order valence-corrected chi connectivity index (χ1v) is 8.71. The van der Waals surface area contributed by atoms with Gasteiger partial charge < -0.3 is 0 Å². The Morgan fingerprint density at radius 1 is 1.08 bits per heavy atom. The van der Waals surface area contributed by atoms with Crippen molar-refractivity contribution in [2.24, 2.45) is 0 Å². The van der Waals surface area contributed by atoms with Gasteiger partial charge in [0.05, 0.1) is 17.5 Å². The molecule has 4 nitrogen and oxygen atoms in total. The zero-order chi connectivity index (χ0) is 18.2. The summed E-state index contributed by atoms with van der Waals surface area (Å²) >= 11 is 0. The smallest absolute Gasteiger partial charge is 0.0972 e. The summed E-state index contributed by atoms with van der Waals surface area (Å²) in [4.78, 5) is 2.22. The Hall–Kier alpha value is -3.16. The molecular weight excluding hydrogens is 320 g/mol. The lowest BCUT2D eigenvalue weighted by atomic mass is 10.1. The summed E-state index contributed by atoms with van der Waals surface area (Å²) < 4.78 is 1.92. The van der Waals surface area contributed by atoms with Gasteiger partial charge in [0.15, 0.2) is 0 Å². The van der Waals surface area contributed by atoms with Crippen LogP contribution in [-0.2, 0) is 6.54 Å². The van der Waals surface area contributed by atoms with Gasteiger partial charge in [0.1, 0.15) is 0 Å². The highest BCUT2D eigenvalue weighted by atomic mass is 15.3. The summed E-state index contributed by atoms with van der Waals surface area (Å²) in [5.41, 5.74) is 4.24. The van der Waals surface area contributed by atoms with Crippen LogP contribution in [0.4, 0.5) is 0 Å². The summed E-state index contributed by atoms with van der Waals surface area (Å²) in [5, 5.41) is 13.8. The predicted octanol–water partition coefficient (Wildman–Crippen LogP) is 4.44. The van der Waals surface area contributed by atoms with E-state index in [-0.39, 0.29) is 0 Å². The topological polar surface area (TPSA) is 44.9 Å². The Labute approximate surface area is 154 Å². The van der Waals surface area contributed by atoms with Gasteiger partial charge in [-0.25, -0.2) is 4.68 Å². The molecule has 26 heavy (non-hydrogen) atoms. The zero-order valence-corrected chi connectivity index (χ0v) is 14.8. The Morgan fingerprint density at radius 2 is 1.77 bits per heavy atom. The lowest BCUT2D eigenvalue weighted by molar-refractivity contribution is 0.302. The van der Waals surface area contributed by atoms with E-state index in [1.165, 1.54) is 0 Å². The third kappa shape index (κ3) is 4.27. The van der Waals surface area contributed by atoms with E-state index < -0.39 is 0 Å². The molecule has 0 saturated carbocycles. The Morgan fingerprint density at radius 3 is 2.42 bits per heavy atom. The molecule has 0 fully saturated rings. The second-order valence-electron chi connectivity index (χ2n) is 6.08. The third-order valence-electron chi connectivity index (χ3n) is 4.18. The second kappa shape index (κ2) is 8.80. The van der Waals surface area contributed by atoms with E-state index in [1.807, 2.05) is 59.3 Å². The molecule has 0 saturated heterocycles. The quantitative estimate of drug-likeness (QED) is 0.569. The van der Waals surface area contributed by atoms with Crippen molar-refractivity contribution >= 4 is 0 Å². The minimum absolute atomic E-state index is 0.501. The van der Waals surface area contributed by atoms with Gasteiger partial charge in [-0.3, -0.25) is 4.90 Å². The van der Waals surface area contributed by atoms with Crippen LogP contribution in [0, 0.1) is 11.3 Å². The van der Waals surface area contributed by atoms with Crippen LogP contribution >= 0.6 is 0 Å². The van der Waals surface area contributed by atoms with Crippen LogP contribution in [0.5, 0.6) is 0 Å². The van der Waals surface area contributed by atoms with Gasteiger partial charge in [0.25, 0.3) is 0 Å². The Kier molecular flexibility index (Phi) is 5.97. The maximum absolute atomic E-state index is 8.92. The molecule has 0 amide bonds. The fourth-order valence-electron chi connectivity index (χ4n) is 2.94. The third-order valence-corrected chi connectivity index (χ3v) is 4.18. The minimum atomic E-state index is 0.501. The van der Waals surface area contributed by atoms with Crippen LogP contribution in [0.15, 0.2) is 79.5 Å². The maximum Gasteiger partial charge on any atom is 0.0972 e. The van der Waals surface area contributed by atoms with Gasteiger partial charge in [-0.1, -0.05) is 54.6 Å². The van der Waals surface area contributed by atoms with Gasteiger partial charge >= 0.3 is 0 Å². The number of para-hydroxylation sites is 1. The lowest BCUT2D eigenvalue weighted by Gasteiger charge is -2.19. The van der Waals surface area contributed by atoms with Crippen LogP contribution in [0.25, 0.3) is 16.9 Å². The molecule has 0 aliphatic heterocycles. The monoisotopic (exact) mass is 342 g/mol. The molecule has 0 aliphatic carbocycles. The molecule has 3 aromatic rings. The van der Waals surface area contributed by atoms with Crippen molar-refractivity contribution in [3.8, 4) is 23.0 Å². The van der Waals surface area contributed by atoms with E-state index in [4.69, 9.17) is 10.4 Å². The lowest BCUT2D eigenvalue weighted by Crippen LogP contribution is -2.24. The van der Waals surface area contributed by atoms with E-state index in [1.54, 1.807) is 0 Å². The second-order valence-corrected chi connectivity index (χ2v) is 6.08. The molecular formula is C22H22N4. The number of rotatable bonds is 8. The van der Waals surface area contributed by atoms with Crippen LogP contribution < -0.4 is 0 Å². The Bertz CT molecular complexity index is 876. The number of nitrogens with zero attached hydrogens (tertiary/aromatic N) is 4. The van der Waals surface area contributed by atoms with Gasteiger partial charge in [0.2, 0.25) is 0 Å². The largest absolute Gasteiger partial charge is 0.294 e. The van der Waals surface area contributed by atoms with Crippen molar-refractivity contribution < 1.29 is 0 Å². The van der Waals surface area contributed by atoms with Gasteiger partial charge in [-0.2, -0.15) is 10.4 Å². The predicted molar refractivity (Wildman–Crippen MR) is 105 cm³/mol. The Balaban J connectivity index is 1.97. The molecule has 1 heterocycles.